The maximum atomic E-state index is 10.5. The van der Waals surface area contributed by atoms with Crippen molar-refractivity contribution >= 4 is 28.2 Å². The third-order valence-electron chi connectivity index (χ3n) is 1.74. The van der Waals surface area contributed by atoms with E-state index in [0.717, 1.165) is 0 Å². The highest BCUT2D eigenvalue weighted by Gasteiger charge is 2.14. The minimum atomic E-state index is -0.464. The van der Waals surface area contributed by atoms with E-state index in [0.29, 0.717) is 15.9 Å². The van der Waals surface area contributed by atoms with Crippen LogP contribution in [0.4, 0.5) is 5.69 Å². The minimum absolute atomic E-state index is 0.00755. The molecule has 1 aromatic carbocycles. The first kappa shape index (κ1) is 8.00. The average Bonchev–Trinajstić information content (AvgIpc) is 2.53. The molecule has 0 amide bonds. The number of aromatic nitrogens is 2. The van der Waals surface area contributed by atoms with Crippen molar-refractivity contribution in [1.29, 1.82) is 0 Å². The summed E-state index contributed by atoms with van der Waals surface area (Å²) in [6.07, 6.45) is 1.39. The van der Waals surface area contributed by atoms with E-state index in [4.69, 9.17) is 11.6 Å². The van der Waals surface area contributed by atoms with Gasteiger partial charge in [0.25, 0.3) is 5.69 Å². The van der Waals surface area contributed by atoms with Crippen molar-refractivity contribution in [2.24, 2.45) is 0 Å². The first-order valence-electron chi connectivity index (χ1n) is 3.46. The van der Waals surface area contributed by atoms with Gasteiger partial charge in [-0.3, -0.25) is 15.2 Å². The number of nitrogens with zero attached hydrogens (tertiary/aromatic N) is 2. The first-order chi connectivity index (χ1) is 6.20. The molecule has 0 radical (unpaired) electrons. The lowest BCUT2D eigenvalue weighted by Gasteiger charge is -1.94. The number of hydrogen-bond donors (Lipinski definition) is 1. The van der Waals surface area contributed by atoms with Gasteiger partial charge in [-0.05, 0) is 6.07 Å². The summed E-state index contributed by atoms with van der Waals surface area (Å²) in [5.74, 6) is 0. The molecule has 6 heteroatoms. The number of non-ortho nitro benzene ring substituents is 1. The van der Waals surface area contributed by atoms with Gasteiger partial charge >= 0.3 is 0 Å². The molecule has 0 saturated heterocycles. The maximum Gasteiger partial charge on any atom is 0.280 e. The SMILES string of the molecule is O=[N+]([O-])c1ccc(Cl)c2[nH]ncc12. The molecule has 0 saturated carbocycles. The van der Waals surface area contributed by atoms with Gasteiger partial charge in [-0.25, -0.2) is 0 Å². The molecule has 13 heavy (non-hydrogen) atoms. The van der Waals surface area contributed by atoms with E-state index in [9.17, 15) is 10.1 Å². The molecule has 0 fully saturated rings. The summed E-state index contributed by atoms with van der Waals surface area (Å²) < 4.78 is 0. The fraction of sp³-hybridized carbons (Fsp3) is 0. The van der Waals surface area contributed by atoms with Gasteiger partial charge in [0.15, 0.2) is 0 Å². The van der Waals surface area contributed by atoms with Crippen LogP contribution in [0.3, 0.4) is 0 Å². The molecule has 1 aromatic heterocycles. The van der Waals surface area contributed by atoms with E-state index in [2.05, 4.69) is 10.2 Å². The van der Waals surface area contributed by atoms with Gasteiger partial charge in [-0.2, -0.15) is 5.10 Å². The van der Waals surface area contributed by atoms with Gasteiger partial charge in [0, 0.05) is 6.07 Å². The lowest BCUT2D eigenvalue weighted by Crippen LogP contribution is -1.88. The van der Waals surface area contributed by atoms with E-state index < -0.39 is 4.92 Å². The van der Waals surface area contributed by atoms with Gasteiger partial charge in [-0.1, -0.05) is 11.6 Å². The summed E-state index contributed by atoms with van der Waals surface area (Å²) in [5, 5.41) is 17.7. The number of rotatable bonds is 1. The van der Waals surface area contributed by atoms with Crippen LogP contribution in [-0.4, -0.2) is 15.1 Å². The first-order valence-corrected chi connectivity index (χ1v) is 3.84. The summed E-state index contributed by atoms with van der Waals surface area (Å²) in [7, 11) is 0. The second-order valence-electron chi connectivity index (χ2n) is 2.48. The van der Waals surface area contributed by atoms with Crippen LogP contribution < -0.4 is 0 Å². The van der Waals surface area contributed by atoms with Crippen LogP contribution in [0.1, 0.15) is 0 Å². The normalized spacial score (nSPS) is 10.5. The van der Waals surface area contributed by atoms with Crippen LogP contribution in [0.5, 0.6) is 0 Å². The van der Waals surface area contributed by atoms with Crippen LogP contribution in [0.25, 0.3) is 10.9 Å². The number of benzene rings is 1. The third kappa shape index (κ3) is 1.13. The Kier molecular flexibility index (Phi) is 1.66. The van der Waals surface area contributed by atoms with Crippen LogP contribution >= 0.6 is 11.6 Å². The molecule has 0 atom stereocenters. The molecule has 0 aliphatic rings. The number of hydrogen-bond acceptors (Lipinski definition) is 3. The number of nitrogens with one attached hydrogen (secondary N) is 1. The molecule has 1 N–H and O–H groups in total. The number of halogens is 1. The summed E-state index contributed by atoms with van der Waals surface area (Å²) >= 11 is 5.78. The van der Waals surface area contributed by atoms with Crippen molar-refractivity contribution in [3.63, 3.8) is 0 Å². The molecule has 0 unspecified atom stereocenters. The van der Waals surface area contributed by atoms with Gasteiger partial charge < -0.3 is 0 Å². The lowest BCUT2D eigenvalue weighted by atomic mass is 10.2. The van der Waals surface area contributed by atoms with Crippen molar-refractivity contribution in [3.05, 3.63) is 33.5 Å². The molecule has 66 valence electrons. The summed E-state index contributed by atoms with van der Waals surface area (Å²) in [6.45, 7) is 0. The van der Waals surface area contributed by atoms with E-state index in [1.54, 1.807) is 0 Å². The highest BCUT2D eigenvalue weighted by molar-refractivity contribution is 6.35. The number of nitro benzene ring substituents is 1. The van der Waals surface area contributed by atoms with E-state index >= 15 is 0 Å². The summed E-state index contributed by atoms with van der Waals surface area (Å²) in [5.41, 5.74) is 0.504. The minimum Gasteiger partial charge on any atom is -0.276 e. The number of aromatic amines is 1. The molecule has 5 nitrogen and oxygen atoms in total. The van der Waals surface area contributed by atoms with E-state index in [-0.39, 0.29) is 5.69 Å². The summed E-state index contributed by atoms with van der Waals surface area (Å²) in [4.78, 5) is 10.1. The van der Waals surface area contributed by atoms with E-state index in [1.165, 1.54) is 18.3 Å². The fourth-order valence-corrected chi connectivity index (χ4v) is 1.35. The van der Waals surface area contributed by atoms with Crippen LogP contribution in [0.15, 0.2) is 18.3 Å². The predicted octanol–water partition coefficient (Wildman–Crippen LogP) is 2.12. The van der Waals surface area contributed by atoms with Gasteiger partial charge in [0.2, 0.25) is 0 Å². The largest absolute Gasteiger partial charge is 0.280 e. The Balaban J connectivity index is 2.86. The Morgan fingerprint density at radius 2 is 2.31 bits per heavy atom. The zero-order valence-corrected chi connectivity index (χ0v) is 7.08. The molecule has 1 heterocycles. The standard InChI is InChI=1S/C7H4ClN3O2/c8-5-1-2-6(11(12)13)4-3-9-10-7(4)5/h1-3H,(H,9,10). The Bertz CT molecular complexity index is 480. The second kappa shape index (κ2) is 2.70. The van der Waals surface area contributed by atoms with E-state index in [1.807, 2.05) is 0 Å². The van der Waals surface area contributed by atoms with Crippen molar-refractivity contribution in [2.45, 2.75) is 0 Å². The molecule has 0 aliphatic heterocycles. The number of fused-ring (bicyclic) bond motifs is 1. The third-order valence-corrected chi connectivity index (χ3v) is 2.05. The maximum absolute atomic E-state index is 10.5. The van der Waals surface area contributed by atoms with Gasteiger partial charge in [0.05, 0.1) is 27.0 Å². The Morgan fingerprint density at radius 3 is 3.00 bits per heavy atom. The monoisotopic (exact) mass is 197 g/mol. The molecule has 2 aromatic rings. The Hall–Kier alpha value is -1.62. The molecule has 0 aliphatic carbocycles. The molecule has 0 spiro atoms. The van der Waals surface area contributed by atoms with Crippen molar-refractivity contribution in [1.82, 2.24) is 10.2 Å². The Labute approximate surface area is 77.5 Å². The molecular formula is C7H4ClN3O2. The summed E-state index contributed by atoms with van der Waals surface area (Å²) in [6, 6.07) is 2.83. The average molecular weight is 198 g/mol. The van der Waals surface area contributed by atoms with Crippen LogP contribution in [0.2, 0.25) is 5.02 Å². The van der Waals surface area contributed by atoms with Gasteiger partial charge in [0.1, 0.15) is 0 Å². The lowest BCUT2D eigenvalue weighted by molar-refractivity contribution is -0.383. The number of H-pyrrole nitrogens is 1. The fourth-order valence-electron chi connectivity index (χ4n) is 1.15. The predicted molar refractivity (Wildman–Crippen MR) is 47.8 cm³/mol. The van der Waals surface area contributed by atoms with Crippen LogP contribution in [0, 0.1) is 10.1 Å². The molecule has 0 bridgehead atoms. The molecule has 2 rings (SSSR count). The second-order valence-corrected chi connectivity index (χ2v) is 2.89. The zero-order chi connectivity index (χ0) is 9.42. The highest BCUT2D eigenvalue weighted by atomic mass is 35.5. The Morgan fingerprint density at radius 1 is 1.54 bits per heavy atom. The van der Waals surface area contributed by atoms with Crippen molar-refractivity contribution < 1.29 is 4.92 Å². The number of nitro groups is 1. The van der Waals surface area contributed by atoms with Crippen molar-refractivity contribution in [3.8, 4) is 0 Å². The zero-order valence-electron chi connectivity index (χ0n) is 6.32. The molecular weight excluding hydrogens is 194 g/mol. The smallest absolute Gasteiger partial charge is 0.276 e. The van der Waals surface area contributed by atoms with Gasteiger partial charge in [-0.15, -0.1) is 0 Å². The highest BCUT2D eigenvalue weighted by Crippen LogP contribution is 2.28. The topological polar surface area (TPSA) is 71.8 Å². The quantitative estimate of drug-likeness (QED) is 0.562. The van der Waals surface area contributed by atoms with Crippen molar-refractivity contribution in [2.75, 3.05) is 0 Å². The van der Waals surface area contributed by atoms with Crippen LogP contribution in [-0.2, 0) is 0 Å².